The molecule has 4 heteroatoms. The van der Waals surface area contributed by atoms with Crippen molar-refractivity contribution < 1.29 is 41.7 Å². The molecule has 0 spiro atoms. The smallest absolute Gasteiger partial charge is 0.0112 e. The van der Waals surface area contributed by atoms with Crippen molar-refractivity contribution in [3.8, 4) is 0 Å². The van der Waals surface area contributed by atoms with Crippen LogP contribution in [0.5, 0.6) is 0 Å². The standard InChI is InChI=1S/C3H11N3.Ce/c1-3-6(2)5-4;/h5H,3-4H2,1-2H3;. The topological polar surface area (TPSA) is 41.3 Å². The molecule has 0 aliphatic heterocycles. The third-order valence-corrected chi connectivity index (χ3v) is 0.695. The summed E-state index contributed by atoms with van der Waals surface area (Å²) in [6.07, 6.45) is 0. The Bertz CT molecular complexity index is 29.4. The van der Waals surface area contributed by atoms with Crippen LogP contribution in [0.25, 0.3) is 0 Å². The molecule has 0 rings (SSSR count). The van der Waals surface area contributed by atoms with Crippen LogP contribution >= 0.6 is 0 Å². The van der Waals surface area contributed by atoms with Crippen molar-refractivity contribution in [3.63, 3.8) is 0 Å². The van der Waals surface area contributed by atoms with E-state index in [-0.39, 0.29) is 41.7 Å². The molecule has 0 aliphatic carbocycles. The zero-order chi connectivity index (χ0) is 4.99. The van der Waals surface area contributed by atoms with E-state index < -0.39 is 0 Å². The van der Waals surface area contributed by atoms with Gasteiger partial charge in [-0.2, -0.15) is 5.53 Å². The summed E-state index contributed by atoms with van der Waals surface area (Å²) in [5.41, 5.74) is 2.45. The van der Waals surface area contributed by atoms with Crippen molar-refractivity contribution in [1.82, 2.24) is 10.5 Å². The second-order valence-corrected chi connectivity index (χ2v) is 1.14. The molecule has 7 heavy (non-hydrogen) atoms. The van der Waals surface area contributed by atoms with Gasteiger partial charge in [0.05, 0.1) is 0 Å². The summed E-state index contributed by atoms with van der Waals surface area (Å²) in [6.45, 7) is 2.94. The summed E-state index contributed by atoms with van der Waals surface area (Å²) in [4.78, 5) is 0. The summed E-state index contributed by atoms with van der Waals surface area (Å²) in [5.74, 6) is 4.96. The molecule has 0 bridgehead atoms. The first-order chi connectivity index (χ1) is 2.81. The average Bonchev–Trinajstić information content (AvgIpc) is 1.65. The minimum atomic E-state index is 0. The van der Waals surface area contributed by atoms with Gasteiger partial charge in [-0.25, -0.2) is 5.01 Å². The molecule has 0 amide bonds. The number of nitrogens with two attached hydrogens (primary N) is 1. The predicted octanol–water partition coefficient (Wildman–Crippen LogP) is -0.684. The van der Waals surface area contributed by atoms with Crippen molar-refractivity contribution in [1.29, 1.82) is 0 Å². The van der Waals surface area contributed by atoms with Crippen LogP contribution in [0.1, 0.15) is 6.92 Å². The normalized spacial score (nSPS) is 8.57. The molecule has 0 fully saturated rings. The van der Waals surface area contributed by atoms with Gasteiger partial charge in [0.1, 0.15) is 0 Å². The quantitative estimate of drug-likeness (QED) is 0.487. The summed E-state index contributed by atoms with van der Waals surface area (Å²) in [5, 5.41) is 1.78. The molecule has 0 heterocycles. The number of hydrogen-bond acceptors (Lipinski definition) is 3. The first-order valence-electron chi connectivity index (χ1n) is 1.98. The van der Waals surface area contributed by atoms with Crippen LogP contribution in [0, 0.1) is 41.7 Å². The van der Waals surface area contributed by atoms with E-state index in [2.05, 4.69) is 5.53 Å². The van der Waals surface area contributed by atoms with Crippen molar-refractivity contribution in [2.45, 2.75) is 6.92 Å². The average molecular weight is 229 g/mol. The SMILES string of the molecule is CCN(C)NN.[Ce]. The third-order valence-electron chi connectivity index (χ3n) is 0.695. The molecule has 0 aromatic heterocycles. The van der Waals surface area contributed by atoms with Gasteiger partial charge in [0.15, 0.2) is 0 Å². The minimum absolute atomic E-state index is 0. The fourth-order valence-electron chi connectivity index (χ4n) is 0.0913. The Morgan fingerprint density at radius 2 is 2.14 bits per heavy atom. The first kappa shape index (κ1) is 11.1. The summed E-state index contributed by atoms with van der Waals surface area (Å²) < 4.78 is 0. The van der Waals surface area contributed by atoms with Crippen LogP contribution in [-0.2, 0) is 0 Å². The Morgan fingerprint density at radius 3 is 2.14 bits per heavy atom. The van der Waals surface area contributed by atoms with Crippen LogP contribution in [0.15, 0.2) is 0 Å². The third kappa shape index (κ3) is 7.26. The molecular formula is C3H11CeN3. The van der Waals surface area contributed by atoms with Crippen LogP contribution < -0.4 is 11.4 Å². The van der Waals surface area contributed by atoms with E-state index >= 15 is 0 Å². The molecule has 0 unspecified atom stereocenters. The molecule has 0 saturated heterocycles. The van der Waals surface area contributed by atoms with Crippen LogP contribution in [-0.4, -0.2) is 18.6 Å². The number of rotatable bonds is 2. The van der Waals surface area contributed by atoms with E-state index in [9.17, 15) is 0 Å². The minimum Gasteiger partial charge on any atom is -0.258 e. The predicted molar refractivity (Wildman–Crippen MR) is 25.6 cm³/mol. The summed E-state index contributed by atoms with van der Waals surface area (Å²) in [7, 11) is 1.88. The molecule has 3 N–H and O–H groups in total. The fraction of sp³-hybridized carbons (Fsp3) is 1.00. The van der Waals surface area contributed by atoms with E-state index in [1.807, 2.05) is 14.0 Å². The Kier molecular flexibility index (Phi) is 11.5. The van der Waals surface area contributed by atoms with Gasteiger partial charge in [-0.3, -0.25) is 5.84 Å². The van der Waals surface area contributed by atoms with Gasteiger partial charge in [0, 0.05) is 55.3 Å². The van der Waals surface area contributed by atoms with Gasteiger partial charge in [0.2, 0.25) is 0 Å². The van der Waals surface area contributed by atoms with Gasteiger partial charge >= 0.3 is 0 Å². The van der Waals surface area contributed by atoms with Gasteiger partial charge in [-0.05, 0) is 0 Å². The zero-order valence-corrected chi connectivity index (χ0v) is 7.87. The zero-order valence-electron chi connectivity index (χ0n) is 4.73. The van der Waals surface area contributed by atoms with Crippen molar-refractivity contribution in [3.05, 3.63) is 0 Å². The fourth-order valence-corrected chi connectivity index (χ4v) is 0.0913. The van der Waals surface area contributed by atoms with Crippen molar-refractivity contribution >= 4 is 0 Å². The molecule has 0 aliphatic rings. The Balaban J connectivity index is 0. The molecule has 0 atom stereocenters. The Hall–Kier alpha value is 1.26. The maximum atomic E-state index is 4.96. The van der Waals surface area contributed by atoms with Crippen LogP contribution in [0.4, 0.5) is 0 Å². The van der Waals surface area contributed by atoms with E-state index in [4.69, 9.17) is 5.84 Å². The van der Waals surface area contributed by atoms with Crippen LogP contribution in [0.3, 0.4) is 0 Å². The van der Waals surface area contributed by atoms with E-state index in [0.29, 0.717) is 0 Å². The molecule has 0 saturated carbocycles. The van der Waals surface area contributed by atoms with Gasteiger partial charge in [-0.1, -0.05) is 6.92 Å². The number of hydrogen-bond donors (Lipinski definition) is 2. The Labute approximate surface area is 77.9 Å². The van der Waals surface area contributed by atoms with E-state index in [0.717, 1.165) is 6.54 Å². The second-order valence-electron chi connectivity index (χ2n) is 1.14. The van der Waals surface area contributed by atoms with Gasteiger partial charge in [-0.15, -0.1) is 0 Å². The molecule has 0 aromatic carbocycles. The van der Waals surface area contributed by atoms with Crippen molar-refractivity contribution in [2.75, 3.05) is 13.6 Å². The van der Waals surface area contributed by atoms with E-state index in [1.54, 1.807) is 5.01 Å². The maximum Gasteiger partial charge on any atom is 0.0112 e. The first-order valence-corrected chi connectivity index (χ1v) is 1.98. The van der Waals surface area contributed by atoms with Gasteiger partial charge < -0.3 is 0 Å². The number of nitrogens with one attached hydrogen (secondary N) is 1. The van der Waals surface area contributed by atoms with E-state index in [1.165, 1.54) is 0 Å². The number of hydrazine groups is 2. The van der Waals surface area contributed by atoms with Gasteiger partial charge in [0.25, 0.3) is 0 Å². The largest absolute Gasteiger partial charge is 0.258 e. The molecular weight excluding hydrogens is 218 g/mol. The summed E-state index contributed by atoms with van der Waals surface area (Å²) >= 11 is 0. The second kappa shape index (κ2) is 7.26. The van der Waals surface area contributed by atoms with Crippen LogP contribution in [0.2, 0.25) is 0 Å². The number of nitrogens with zero attached hydrogens (tertiary/aromatic N) is 1. The maximum absolute atomic E-state index is 4.96. The molecule has 0 aromatic rings. The molecule has 42 valence electrons. The Morgan fingerprint density at radius 1 is 1.71 bits per heavy atom. The molecule has 3 nitrogen and oxygen atoms in total. The molecule has 0 radical (unpaired) electrons. The monoisotopic (exact) mass is 229 g/mol. The summed E-state index contributed by atoms with van der Waals surface area (Å²) in [6, 6.07) is 0. The van der Waals surface area contributed by atoms with Crippen molar-refractivity contribution in [2.24, 2.45) is 5.84 Å².